The maximum Gasteiger partial charge on any atom is 0.0506 e. The van der Waals surface area contributed by atoms with Gasteiger partial charge < -0.3 is 0 Å². The van der Waals surface area contributed by atoms with Crippen LogP contribution in [-0.2, 0) is 0 Å². The van der Waals surface area contributed by atoms with Crippen molar-refractivity contribution in [1.82, 2.24) is 0 Å². The molecule has 0 nitrogen and oxygen atoms in total. The van der Waals surface area contributed by atoms with Crippen LogP contribution in [0.4, 0.5) is 0 Å². The van der Waals surface area contributed by atoms with E-state index in [9.17, 15) is 0 Å². The van der Waals surface area contributed by atoms with Gasteiger partial charge in [0.05, 0.1) is 8.07 Å². The molecule has 0 aromatic rings. The van der Waals surface area contributed by atoms with Crippen LogP contribution in [0, 0.1) is 5.92 Å². The second-order valence-corrected chi connectivity index (χ2v) is 16.8. The zero-order valence-electron chi connectivity index (χ0n) is 10.6. The highest BCUT2D eigenvalue weighted by atomic mass is 79.9. The molecule has 0 saturated heterocycles. The van der Waals surface area contributed by atoms with E-state index in [-0.39, 0.29) is 0 Å². The van der Waals surface area contributed by atoms with E-state index >= 15 is 0 Å². The van der Waals surface area contributed by atoms with Gasteiger partial charge in [-0.2, -0.15) is 0 Å². The van der Waals surface area contributed by atoms with Crippen LogP contribution >= 0.6 is 31.9 Å². The Bertz CT molecular complexity index is 315. The topological polar surface area (TPSA) is 0 Å². The van der Waals surface area contributed by atoms with E-state index in [1.54, 1.807) is 0 Å². The molecule has 4 bridgehead atoms. The van der Waals surface area contributed by atoms with Crippen LogP contribution in [0.25, 0.3) is 0 Å². The van der Waals surface area contributed by atoms with Crippen molar-refractivity contribution < 1.29 is 0 Å². The molecule has 4 fully saturated rings. The third-order valence-electron chi connectivity index (χ3n) is 5.52. The number of hydrogen-bond acceptors (Lipinski definition) is 0. The quantitative estimate of drug-likeness (QED) is 0.435. The fourth-order valence-electron chi connectivity index (χ4n) is 5.04. The largest absolute Gasteiger partial charge is 0.0853 e. The summed E-state index contributed by atoms with van der Waals surface area (Å²) >= 11 is 8.22. The smallest absolute Gasteiger partial charge is 0.0506 e. The molecule has 4 aliphatic rings. The number of alkyl halides is 2. The summed E-state index contributed by atoms with van der Waals surface area (Å²) in [5.41, 5.74) is 0. The molecule has 4 atom stereocenters. The first-order chi connectivity index (χ1) is 7.16. The van der Waals surface area contributed by atoms with Gasteiger partial charge in [-0.25, -0.2) is 0 Å². The number of rotatable bonds is 1. The summed E-state index contributed by atoms with van der Waals surface area (Å²) in [7, 11) is -1.06. The summed E-state index contributed by atoms with van der Waals surface area (Å²) in [5, 5.41) is 0.708. The van der Waals surface area contributed by atoms with E-state index in [4.69, 9.17) is 0 Å². The molecule has 92 valence electrons. The minimum absolute atomic E-state index is 0.482. The zero-order chi connectivity index (χ0) is 11.8. The first-order valence-corrected chi connectivity index (χ1v) is 11.6. The highest BCUT2D eigenvalue weighted by Crippen LogP contribution is 2.73. The predicted octanol–water partition coefficient (Wildman–Crippen LogP) is 5.33. The van der Waals surface area contributed by atoms with Gasteiger partial charge in [-0.15, -0.1) is 0 Å². The molecule has 4 aliphatic carbocycles. The molecule has 2 unspecified atom stereocenters. The maximum atomic E-state index is 4.11. The molecule has 3 heteroatoms. The maximum absolute atomic E-state index is 4.11. The second-order valence-electron chi connectivity index (χ2n) is 7.84. The van der Waals surface area contributed by atoms with Gasteiger partial charge in [-0.05, 0) is 49.5 Å². The lowest BCUT2D eigenvalue weighted by Crippen LogP contribution is -2.61. The van der Waals surface area contributed by atoms with Crippen molar-refractivity contribution in [3.05, 3.63) is 0 Å². The third kappa shape index (κ3) is 1.64. The average Bonchev–Trinajstić information content (AvgIpc) is 1.92. The lowest BCUT2D eigenvalue weighted by atomic mass is 9.55. The van der Waals surface area contributed by atoms with Crippen molar-refractivity contribution in [2.45, 2.75) is 71.9 Å². The minimum Gasteiger partial charge on any atom is -0.0853 e. The highest BCUT2D eigenvalue weighted by molar-refractivity contribution is 9.10. The Labute approximate surface area is 117 Å². The number of hydrogen-bond donors (Lipinski definition) is 0. The van der Waals surface area contributed by atoms with E-state index in [0.29, 0.717) is 13.7 Å². The summed E-state index contributed by atoms with van der Waals surface area (Å²) in [6.45, 7) is 7.77. The highest BCUT2D eigenvalue weighted by Gasteiger charge is 2.64. The van der Waals surface area contributed by atoms with Crippen LogP contribution in [0.1, 0.15) is 38.5 Å². The molecule has 0 aliphatic heterocycles. The molecule has 0 radical (unpaired) electrons. The van der Waals surface area contributed by atoms with Crippen LogP contribution < -0.4 is 0 Å². The molecule has 0 heterocycles. The van der Waals surface area contributed by atoms with Crippen molar-refractivity contribution >= 4 is 39.9 Å². The first-order valence-electron chi connectivity index (χ1n) is 6.53. The average molecular weight is 366 g/mol. The lowest BCUT2D eigenvalue weighted by molar-refractivity contribution is 0.0693. The minimum atomic E-state index is -1.06. The fraction of sp³-hybridized carbons (Fsp3) is 1.00. The summed E-state index contributed by atoms with van der Waals surface area (Å²) in [4.78, 5) is 0. The Kier molecular flexibility index (Phi) is 2.44. The first kappa shape index (κ1) is 12.2. The Morgan fingerprint density at radius 2 is 1.38 bits per heavy atom. The van der Waals surface area contributed by atoms with Gasteiger partial charge >= 0.3 is 0 Å². The van der Waals surface area contributed by atoms with Gasteiger partial charge in [0, 0.05) is 8.65 Å². The van der Waals surface area contributed by atoms with Crippen LogP contribution in [-0.4, -0.2) is 16.7 Å². The van der Waals surface area contributed by atoms with Gasteiger partial charge in [0.2, 0.25) is 0 Å². The summed E-state index contributed by atoms with van der Waals surface area (Å²) in [6.07, 6.45) is 8.68. The standard InChI is InChI=1S/C13H22Br2Si/c1-16(2,3)13-6-10-4-11(14,8-13)7-12(15,5-10)9-13/h10H,4-9H2,1-3H3/t10?,11-,12+,13?. The molecule has 0 spiro atoms. The monoisotopic (exact) mass is 364 g/mol. The lowest BCUT2D eigenvalue weighted by Gasteiger charge is -2.67. The molecule has 4 rings (SSSR count). The van der Waals surface area contributed by atoms with E-state index in [1.807, 2.05) is 0 Å². The fourth-order valence-corrected chi connectivity index (χ4v) is 11.6. The van der Waals surface area contributed by atoms with Gasteiger partial charge in [-0.1, -0.05) is 51.5 Å². The molecule has 0 aromatic heterocycles. The van der Waals surface area contributed by atoms with Gasteiger partial charge in [-0.3, -0.25) is 0 Å². The molecular formula is C13H22Br2Si. The summed E-state index contributed by atoms with van der Waals surface area (Å²) in [6, 6.07) is 0. The molecule has 4 saturated carbocycles. The van der Waals surface area contributed by atoms with Crippen LogP contribution in [0.5, 0.6) is 0 Å². The normalized spacial score (nSPS) is 55.7. The summed E-state index contributed by atoms with van der Waals surface area (Å²) < 4.78 is 0.965. The Balaban J connectivity index is 2.05. The van der Waals surface area contributed by atoms with E-state index in [1.165, 1.54) is 38.5 Å². The van der Waals surface area contributed by atoms with E-state index in [2.05, 4.69) is 51.5 Å². The molecule has 0 N–H and O–H groups in total. The molecular weight excluding hydrogens is 344 g/mol. The van der Waals surface area contributed by atoms with Crippen molar-refractivity contribution in [3.63, 3.8) is 0 Å². The second kappa shape index (κ2) is 3.19. The van der Waals surface area contributed by atoms with Crippen LogP contribution in [0.2, 0.25) is 24.7 Å². The number of halogens is 2. The van der Waals surface area contributed by atoms with E-state index in [0.717, 1.165) is 5.92 Å². The van der Waals surface area contributed by atoms with Gasteiger partial charge in [0.25, 0.3) is 0 Å². The zero-order valence-corrected chi connectivity index (χ0v) is 14.7. The Hall–Kier alpha value is 1.18. The van der Waals surface area contributed by atoms with E-state index < -0.39 is 8.07 Å². The van der Waals surface area contributed by atoms with Crippen LogP contribution in [0.3, 0.4) is 0 Å². The SMILES string of the molecule is C[Si](C)(C)C12CC3C[C@@](Br)(C1)C[C@](Br)(C3)C2. The van der Waals surface area contributed by atoms with Crippen molar-refractivity contribution in [1.29, 1.82) is 0 Å². The summed E-state index contributed by atoms with van der Waals surface area (Å²) in [5.74, 6) is 0.988. The van der Waals surface area contributed by atoms with Crippen molar-refractivity contribution in [2.75, 3.05) is 0 Å². The van der Waals surface area contributed by atoms with Crippen molar-refractivity contribution in [2.24, 2.45) is 5.92 Å². The molecule has 0 aromatic carbocycles. The van der Waals surface area contributed by atoms with Crippen LogP contribution in [0.15, 0.2) is 0 Å². The molecule has 0 amide bonds. The van der Waals surface area contributed by atoms with Crippen molar-refractivity contribution in [3.8, 4) is 0 Å². The molecule has 16 heavy (non-hydrogen) atoms. The third-order valence-corrected chi connectivity index (χ3v) is 11.0. The Morgan fingerprint density at radius 1 is 0.875 bits per heavy atom. The van der Waals surface area contributed by atoms with Gasteiger partial charge in [0.15, 0.2) is 0 Å². The predicted molar refractivity (Wildman–Crippen MR) is 80.5 cm³/mol. The Morgan fingerprint density at radius 3 is 1.75 bits per heavy atom. The van der Waals surface area contributed by atoms with Gasteiger partial charge in [0.1, 0.15) is 0 Å².